The Morgan fingerprint density at radius 2 is 2.00 bits per heavy atom. The highest BCUT2D eigenvalue weighted by Crippen LogP contribution is 2.22. The summed E-state index contributed by atoms with van der Waals surface area (Å²) in [6.07, 6.45) is 4.10. The number of hydrogen-bond acceptors (Lipinski definition) is 5. The van der Waals surface area contributed by atoms with E-state index in [-0.39, 0.29) is 17.0 Å². The molecular weight excluding hydrogens is 444 g/mol. The number of amides is 1. The summed E-state index contributed by atoms with van der Waals surface area (Å²) in [5.41, 5.74) is 1.07. The molecule has 1 aromatic heterocycles. The molecule has 0 aliphatic carbocycles. The van der Waals surface area contributed by atoms with Gasteiger partial charge in [-0.3, -0.25) is 4.79 Å². The summed E-state index contributed by atoms with van der Waals surface area (Å²) in [6.45, 7) is 4.58. The van der Waals surface area contributed by atoms with Crippen molar-refractivity contribution in [3.05, 3.63) is 52.1 Å². The average molecular weight is 467 g/mol. The number of piperidine rings is 1. The predicted molar refractivity (Wildman–Crippen MR) is 112 cm³/mol. The maximum absolute atomic E-state index is 12.5. The molecule has 0 saturated carbocycles. The fraction of sp³-hybridized carbons (Fsp3) is 0.368. The van der Waals surface area contributed by atoms with Crippen LogP contribution in [0.2, 0.25) is 0 Å². The number of anilines is 1. The molecule has 2 heterocycles. The number of pyridine rings is 1. The van der Waals surface area contributed by atoms with Crippen LogP contribution in [-0.4, -0.2) is 32.4 Å². The van der Waals surface area contributed by atoms with Gasteiger partial charge >= 0.3 is 0 Å². The Bertz CT molecular complexity index is 956. The highest BCUT2D eigenvalue weighted by atomic mass is 79.9. The zero-order valence-corrected chi connectivity index (χ0v) is 18.0. The molecule has 0 bridgehead atoms. The normalized spacial score (nSPS) is 15.5. The van der Waals surface area contributed by atoms with Crippen molar-refractivity contribution in [3.8, 4) is 0 Å². The SMILES string of the molecule is CC1CCN(c2ccc(CNC(=O)c3cc(S(N)(=O)=O)ccc3Br)cn2)CC1. The number of rotatable bonds is 5. The van der Waals surface area contributed by atoms with E-state index < -0.39 is 15.9 Å². The number of nitrogens with zero attached hydrogens (tertiary/aromatic N) is 2. The van der Waals surface area contributed by atoms with Gasteiger partial charge in [0.05, 0.1) is 10.5 Å². The second-order valence-corrected chi connectivity index (χ2v) is 9.48. The molecule has 3 N–H and O–H groups in total. The van der Waals surface area contributed by atoms with Gasteiger partial charge < -0.3 is 10.2 Å². The molecule has 28 heavy (non-hydrogen) atoms. The third kappa shape index (κ3) is 5.09. The van der Waals surface area contributed by atoms with Gasteiger partial charge in [0, 0.05) is 30.3 Å². The topological polar surface area (TPSA) is 105 Å². The van der Waals surface area contributed by atoms with Crippen LogP contribution in [-0.2, 0) is 16.6 Å². The third-order valence-electron chi connectivity index (χ3n) is 4.88. The van der Waals surface area contributed by atoms with Gasteiger partial charge in [-0.1, -0.05) is 13.0 Å². The summed E-state index contributed by atoms with van der Waals surface area (Å²) >= 11 is 3.27. The molecule has 0 unspecified atom stereocenters. The Kier molecular flexibility index (Phi) is 6.36. The quantitative estimate of drug-likeness (QED) is 0.704. The summed E-state index contributed by atoms with van der Waals surface area (Å²) in [5.74, 6) is 1.31. The number of sulfonamides is 1. The van der Waals surface area contributed by atoms with E-state index in [9.17, 15) is 13.2 Å². The van der Waals surface area contributed by atoms with E-state index in [2.05, 4.69) is 38.1 Å². The Morgan fingerprint density at radius 3 is 2.61 bits per heavy atom. The maximum atomic E-state index is 12.5. The Balaban J connectivity index is 1.63. The molecule has 1 aromatic carbocycles. The molecule has 1 amide bonds. The first-order chi connectivity index (χ1) is 13.2. The Hall–Kier alpha value is -1.97. The van der Waals surface area contributed by atoms with E-state index in [1.807, 2.05) is 12.1 Å². The van der Waals surface area contributed by atoms with Crippen LogP contribution in [0.1, 0.15) is 35.7 Å². The first kappa shape index (κ1) is 20.8. The van der Waals surface area contributed by atoms with E-state index in [0.717, 1.165) is 30.4 Å². The lowest BCUT2D eigenvalue weighted by atomic mass is 9.99. The lowest BCUT2D eigenvalue weighted by Crippen LogP contribution is -2.33. The molecule has 150 valence electrons. The zero-order valence-electron chi connectivity index (χ0n) is 15.6. The fourth-order valence-corrected chi connectivity index (χ4v) is 4.05. The summed E-state index contributed by atoms with van der Waals surface area (Å²) in [7, 11) is -3.88. The number of hydrogen-bond donors (Lipinski definition) is 2. The standard InChI is InChI=1S/C19H23BrN4O3S/c1-13-6-8-24(9-7-13)18-5-2-14(11-22-18)12-23-19(25)16-10-15(28(21,26)27)3-4-17(16)20/h2-5,10-11,13H,6-9,12H2,1H3,(H,23,25)(H2,21,26,27). The van der Waals surface area contributed by atoms with Crippen LogP contribution >= 0.6 is 15.9 Å². The van der Waals surface area contributed by atoms with Gasteiger partial charge in [0.2, 0.25) is 10.0 Å². The van der Waals surface area contributed by atoms with Gasteiger partial charge in [-0.15, -0.1) is 0 Å². The highest BCUT2D eigenvalue weighted by molar-refractivity contribution is 9.10. The van der Waals surface area contributed by atoms with E-state index in [4.69, 9.17) is 5.14 Å². The van der Waals surface area contributed by atoms with Gasteiger partial charge in [-0.2, -0.15) is 0 Å². The van der Waals surface area contributed by atoms with Crippen molar-refractivity contribution >= 4 is 37.7 Å². The summed E-state index contributed by atoms with van der Waals surface area (Å²) in [4.78, 5) is 19.1. The van der Waals surface area contributed by atoms with Crippen LogP contribution in [0.3, 0.4) is 0 Å². The first-order valence-corrected chi connectivity index (χ1v) is 11.4. The average Bonchev–Trinajstić information content (AvgIpc) is 2.66. The molecule has 9 heteroatoms. The largest absolute Gasteiger partial charge is 0.357 e. The van der Waals surface area contributed by atoms with Gasteiger partial charge in [-0.25, -0.2) is 18.5 Å². The monoisotopic (exact) mass is 466 g/mol. The minimum absolute atomic E-state index is 0.109. The number of carbonyl (C=O) groups excluding carboxylic acids is 1. The molecular formula is C19H23BrN4O3S. The van der Waals surface area contributed by atoms with Crippen molar-refractivity contribution < 1.29 is 13.2 Å². The number of benzene rings is 1. The van der Waals surface area contributed by atoms with Crippen LogP contribution in [0, 0.1) is 5.92 Å². The van der Waals surface area contributed by atoms with Gasteiger partial charge in [-0.05, 0) is 64.5 Å². The lowest BCUT2D eigenvalue weighted by Gasteiger charge is -2.31. The minimum Gasteiger partial charge on any atom is -0.357 e. The van der Waals surface area contributed by atoms with E-state index >= 15 is 0 Å². The molecule has 0 spiro atoms. The van der Waals surface area contributed by atoms with Crippen molar-refractivity contribution in [2.45, 2.75) is 31.2 Å². The first-order valence-electron chi connectivity index (χ1n) is 9.04. The molecule has 1 saturated heterocycles. The number of halogens is 1. The van der Waals surface area contributed by atoms with Gasteiger partial charge in [0.25, 0.3) is 5.91 Å². The molecule has 2 aromatic rings. The van der Waals surface area contributed by atoms with Crippen molar-refractivity contribution in [1.29, 1.82) is 0 Å². The van der Waals surface area contributed by atoms with E-state index in [1.54, 1.807) is 6.20 Å². The summed E-state index contributed by atoms with van der Waals surface area (Å²) < 4.78 is 23.5. The Labute approximate surface area is 173 Å². The van der Waals surface area contributed by atoms with Crippen molar-refractivity contribution in [3.63, 3.8) is 0 Å². The van der Waals surface area contributed by atoms with Crippen LogP contribution in [0.25, 0.3) is 0 Å². The van der Waals surface area contributed by atoms with Crippen molar-refractivity contribution in [2.24, 2.45) is 11.1 Å². The summed E-state index contributed by atoms with van der Waals surface area (Å²) in [6, 6.07) is 8.00. The number of carbonyl (C=O) groups is 1. The molecule has 3 rings (SSSR count). The van der Waals surface area contributed by atoms with E-state index in [1.165, 1.54) is 31.0 Å². The second-order valence-electron chi connectivity index (χ2n) is 7.06. The van der Waals surface area contributed by atoms with E-state index in [0.29, 0.717) is 4.47 Å². The Morgan fingerprint density at radius 1 is 1.29 bits per heavy atom. The second kappa shape index (κ2) is 8.59. The number of primary sulfonamides is 1. The molecule has 0 radical (unpaired) electrons. The van der Waals surface area contributed by atoms with Crippen LogP contribution in [0.5, 0.6) is 0 Å². The fourth-order valence-electron chi connectivity index (χ4n) is 3.08. The van der Waals surface area contributed by atoms with Gasteiger partial charge in [0.1, 0.15) is 5.82 Å². The molecule has 0 atom stereocenters. The third-order valence-corrected chi connectivity index (χ3v) is 6.48. The smallest absolute Gasteiger partial charge is 0.252 e. The van der Waals surface area contributed by atoms with Crippen LogP contribution in [0.15, 0.2) is 45.9 Å². The van der Waals surface area contributed by atoms with Crippen molar-refractivity contribution in [2.75, 3.05) is 18.0 Å². The zero-order chi connectivity index (χ0) is 20.3. The number of nitrogens with one attached hydrogen (secondary N) is 1. The van der Waals surface area contributed by atoms with Gasteiger partial charge in [0.15, 0.2) is 0 Å². The number of nitrogens with two attached hydrogens (primary N) is 1. The highest BCUT2D eigenvalue weighted by Gasteiger charge is 2.17. The van der Waals surface area contributed by atoms with Crippen LogP contribution < -0.4 is 15.4 Å². The lowest BCUT2D eigenvalue weighted by molar-refractivity contribution is 0.0950. The summed E-state index contributed by atoms with van der Waals surface area (Å²) in [5, 5.41) is 7.92. The minimum atomic E-state index is -3.88. The molecule has 1 aliphatic heterocycles. The number of aromatic nitrogens is 1. The molecule has 1 aliphatic rings. The van der Waals surface area contributed by atoms with Crippen LogP contribution in [0.4, 0.5) is 5.82 Å². The van der Waals surface area contributed by atoms with Crippen molar-refractivity contribution in [1.82, 2.24) is 10.3 Å². The predicted octanol–water partition coefficient (Wildman–Crippen LogP) is 2.66. The maximum Gasteiger partial charge on any atom is 0.252 e. The molecule has 7 nitrogen and oxygen atoms in total. The molecule has 1 fully saturated rings.